The molecule has 0 spiro atoms. The predicted molar refractivity (Wildman–Crippen MR) is 78.9 cm³/mol. The Morgan fingerprint density at radius 1 is 1.19 bits per heavy atom. The minimum Gasteiger partial charge on any atom is -0.459 e. The second-order valence-corrected chi connectivity index (χ2v) is 6.98. The number of aryl methyl sites for hydroxylation is 1. The molecule has 0 saturated heterocycles. The number of rotatable bonds is 4. The van der Waals surface area contributed by atoms with Gasteiger partial charge in [0.15, 0.2) is 15.6 Å². The highest BCUT2D eigenvalue weighted by molar-refractivity contribution is 7.90. The molecule has 2 aromatic rings. The van der Waals surface area contributed by atoms with Crippen molar-refractivity contribution >= 4 is 15.7 Å². The molecular weight excluding hydrogens is 290 g/mol. The molecule has 1 heterocycles. The molecule has 0 aliphatic rings. The van der Waals surface area contributed by atoms with Crippen molar-refractivity contribution in [2.75, 3.05) is 6.26 Å². The van der Waals surface area contributed by atoms with Gasteiger partial charge in [0.25, 0.3) is 5.91 Å². The van der Waals surface area contributed by atoms with E-state index in [1.807, 2.05) is 6.92 Å². The van der Waals surface area contributed by atoms with E-state index in [2.05, 4.69) is 5.32 Å². The first kappa shape index (κ1) is 15.3. The van der Waals surface area contributed by atoms with Gasteiger partial charge in [-0.2, -0.15) is 0 Å². The number of benzene rings is 1. The molecule has 0 fully saturated rings. The summed E-state index contributed by atoms with van der Waals surface area (Å²) in [4.78, 5) is 12.3. The van der Waals surface area contributed by atoms with Crippen LogP contribution in [0.1, 0.15) is 34.6 Å². The number of hydrogen-bond acceptors (Lipinski definition) is 4. The van der Waals surface area contributed by atoms with Crippen LogP contribution in [0.5, 0.6) is 0 Å². The van der Waals surface area contributed by atoms with Crippen molar-refractivity contribution in [2.24, 2.45) is 0 Å². The molecule has 1 N–H and O–H groups in total. The summed E-state index contributed by atoms with van der Waals surface area (Å²) in [6, 6.07) is 7.92. The fourth-order valence-electron chi connectivity index (χ4n) is 1.95. The van der Waals surface area contributed by atoms with Gasteiger partial charge >= 0.3 is 0 Å². The highest BCUT2D eigenvalue weighted by atomic mass is 32.2. The molecular formula is C15H17NO4S. The fraction of sp³-hybridized carbons (Fsp3) is 0.267. The maximum absolute atomic E-state index is 12.0. The SMILES string of the molecule is Cc1ccoc1C(=O)NC(C)c1ccc(S(C)(=O)=O)cc1. The largest absolute Gasteiger partial charge is 0.459 e. The van der Waals surface area contributed by atoms with Crippen LogP contribution >= 0.6 is 0 Å². The highest BCUT2D eigenvalue weighted by Gasteiger charge is 2.16. The van der Waals surface area contributed by atoms with E-state index in [4.69, 9.17) is 4.42 Å². The van der Waals surface area contributed by atoms with Crippen LogP contribution in [0.4, 0.5) is 0 Å². The number of carbonyl (C=O) groups excluding carboxylic acids is 1. The Labute approximate surface area is 123 Å². The maximum Gasteiger partial charge on any atom is 0.287 e. The van der Waals surface area contributed by atoms with E-state index in [-0.39, 0.29) is 22.6 Å². The Morgan fingerprint density at radius 3 is 2.29 bits per heavy atom. The van der Waals surface area contributed by atoms with E-state index < -0.39 is 9.84 Å². The molecule has 0 saturated carbocycles. The second kappa shape index (κ2) is 5.73. The van der Waals surface area contributed by atoms with E-state index in [1.165, 1.54) is 18.4 Å². The van der Waals surface area contributed by atoms with Crippen molar-refractivity contribution in [3.63, 3.8) is 0 Å². The van der Waals surface area contributed by atoms with Crippen molar-refractivity contribution in [2.45, 2.75) is 24.8 Å². The lowest BCUT2D eigenvalue weighted by molar-refractivity contribution is 0.0911. The number of carbonyl (C=O) groups is 1. The molecule has 1 atom stereocenters. The smallest absolute Gasteiger partial charge is 0.287 e. The minimum atomic E-state index is -3.21. The summed E-state index contributed by atoms with van der Waals surface area (Å²) in [5.74, 6) is -0.00760. The summed E-state index contributed by atoms with van der Waals surface area (Å²) < 4.78 is 27.9. The van der Waals surface area contributed by atoms with Crippen molar-refractivity contribution in [3.8, 4) is 0 Å². The average Bonchev–Trinajstić information content (AvgIpc) is 2.84. The maximum atomic E-state index is 12.0. The van der Waals surface area contributed by atoms with E-state index in [0.29, 0.717) is 0 Å². The fourth-order valence-corrected chi connectivity index (χ4v) is 2.59. The Hall–Kier alpha value is -2.08. The predicted octanol–water partition coefficient (Wildman–Crippen LogP) is 2.48. The van der Waals surface area contributed by atoms with Crippen LogP contribution in [0, 0.1) is 6.92 Å². The van der Waals surface area contributed by atoms with Crippen LogP contribution in [0.15, 0.2) is 45.9 Å². The van der Waals surface area contributed by atoms with Gasteiger partial charge in [-0.15, -0.1) is 0 Å². The van der Waals surface area contributed by atoms with Crippen LogP contribution < -0.4 is 5.32 Å². The van der Waals surface area contributed by atoms with E-state index in [9.17, 15) is 13.2 Å². The average molecular weight is 307 g/mol. The zero-order valence-corrected chi connectivity index (χ0v) is 12.9. The molecule has 0 radical (unpaired) electrons. The number of nitrogens with one attached hydrogen (secondary N) is 1. The summed E-state index contributed by atoms with van der Waals surface area (Å²) in [6.45, 7) is 3.62. The second-order valence-electron chi connectivity index (χ2n) is 4.97. The van der Waals surface area contributed by atoms with Gasteiger partial charge in [0.1, 0.15) is 0 Å². The standard InChI is InChI=1S/C15H17NO4S/c1-10-8-9-20-14(10)15(17)16-11(2)12-4-6-13(7-5-12)21(3,18)19/h4-9,11H,1-3H3,(H,16,17). The van der Waals surface area contributed by atoms with Gasteiger partial charge in [0.2, 0.25) is 0 Å². The lowest BCUT2D eigenvalue weighted by Crippen LogP contribution is -2.26. The number of sulfone groups is 1. The number of furan rings is 1. The van der Waals surface area contributed by atoms with Crippen LogP contribution in [0.25, 0.3) is 0 Å². The lowest BCUT2D eigenvalue weighted by atomic mass is 10.1. The topological polar surface area (TPSA) is 76.4 Å². The lowest BCUT2D eigenvalue weighted by Gasteiger charge is -2.14. The van der Waals surface area contributed by atoms with Crippen LogP contribution in [-0.4, -0.2) is 20.6 Å². The van der Waals surface area contributed by atoms with Gasteiger partial charge in [-0.3, -0.25) is 4.79 Å². The molecule has 112 valence electrons. The van der Waals surface area contributed by atoms with Crippen molar-refractivity contribution in [1.29, 1.82) is 0 Å². The Bertz CT molecular complexity index is 744. The van der Waals surface area contributed by atoms with Crippen LogP contribution in [0.3, 0.4) is 0 Å². The third-order valence-electron chi connectivity index (χ3n) is 3.22. The minimum absolute atomic E-state index is 0.254. The number of amides is 1. The van der Waals surface area contributed by atoms with Crippen molar-refractivity contribution in [1.82, 2.24) is 5.32 Å². The van der Waals surface area contributed by atoms with Gasteiger partial charge in [-0.05, 0) is 37.6 Å². The molecule has 1 aromatic heterocycles. The molecule has 2 rings (SSSR count). The Morgan fingerprint density at radius 2 is 1.81 bits per heavy atom. The molecule has 6 heteroatoms. The van der Waals surface area contributed by atoms with Gasteiger partial charge in [0.05, 0.1) is 17.2 Å². The molecule has 0 bridgehead atoms. The summed E-state index contributed by atoms with van der Waals surface area (Å²) in [7, 11) is -3.21. The van der Waals surface area contributed by atoms with Gasteiger partial charge in [-0.25, -0.2) is 8.42 Å². The molecule has 5 nitrogen and oxygen atoms in total. The summed E-state index contributed by atoms with van der Waals surface area (Å²) >= 11 is 0. The first-order valence-corrected chi connectivity index (χ1v) is 8.33. The van der Waals surface area contributed by atoms with E-state index >= 15 is 0 Å². The van der Waals surface area contributed by atoms with Gasteiger partial charge in [0, 0.05) is 11.8 Å². The van der Waals surface area contributed by atoms with Crippen LogP contribution in [0.2, 0.25) is 0 Å². The first-order valence-electron chi connectivity index (χ1n) is 6.44. The summed E-state index contributed by atoms with van der Waals surface area (Å²) in [6.07, 6.45) is 2.63. The monoisotopic (exact) mass is 307 g/mol. The van der Waals surface area contributed by atoms with E-state index in [1.54, 1.807) is 25.1 Å². The quantitative estimate of drug-likeness (QED) is 0.941. The Kier molecular flexibility index (Phi) is 4.18. The van der Waals surface area contributed by atoms with Crippen molar-refractivity contribution in [3.05, 3.63) is 53.5 Å². The Balaban J connectivity index is 2.12. The summed E-state index contributed by atoms with van der Waals surface area (Å²) in [5, 5.41) is 2.82. The summed E-state index contributed by atoms with van der Waals surface area (Å²) in [5.41, 5.74) is 1.59. The van der Waals surface area contributed by atoms with Gasteiger partial charge < -0.3 is 9.73 Å². The molecule has 0 aliphatic heterocycles. The first-order chi connectivity index (χ1) is 9.79. The zero-order valence-electron chi connectivity index (χ0n) is 12.1. The molecule has 1 amide bonds. The normalized spacial score (nSPS) is 12.9. The highest BCUT2D eigenvalue weighted by Crippen LogP contribution is 2.17. The third-order valence-corrected chi connectivity index (χ3v) is 4.35. The van der Waals surface area contributed by atoms with E-state index in [0.717, 1.165) is 17.4 Å². The molecule has 0 aliphatic carbocycles. The third kappa shape index (κ3) is 3.52. The zero-order chi connectivity index (χ0) is 15.6. The molecule has 1 aromatic carbocycles. The molecule has 1 unspecified atom stereocenters. The number of hydrogen-bond donors (Lipinski definition) is 1. The molecule has 21 heavy (non-hydrogen) atoms. The van der Waals surface area contributed by atoms with Gasteiger partial charge in [-0.1, -0.05) is 12.1 Å². The van der Waals surface area contributed by atoms with Crippen LogP contribution in [-0.2, 0) is 9.84 Å². The van der Waals surface area contributed by atoms with Crippen molar-refractivity contribution < 1.29 is 17.6 Å².